The normalized spacial score (nSPS) is 22.0. The summed E-state index contributed by atoms with van der Waals surface area (Å²) in [6, 6.07) is 10.0. The summed E-state index contributed by atoms with van der Waals surface area (Å²) in [5.41, 5.74) is 1.14. The number of carbonyl (C=O) groups excluding carboxylic acids is 2. The largest absolute Gasteiger partial charge is 0.469 e. The number of esters is 1. The minimum atomic E-state index is -0.166. The van der Waals surface area contributed by atoms with E-state index >= 15 is 0 Å². The third-order valence-electron chi connectivity index (χ3n) is 6.51. The second kappa shape index (κ2) is 11.3. The molecule has 27 heavy (non-hydrogen) atoms. The first-order valence-corrected chi connectivity index (χ1v) is 10.7. The van der Waals surface area contributed by atoms with Gasteiger partial charge in [0.15, 0.2) is 0 Å². The number of benzene rings is 1. The van der Waals surface area contributed by atoms with Crippen LogP contribution < -0.4 is 0 Å². The first-order chi connectivity index (χ1) is 13.0. The third-order valence-corrected chi connectivity index (χ3v) is 6.51. The first-order valence-electron chi connectivity index (χ1n) is 10.7. The summed E-state index contributed by atoms with van der Waals surface area (Å²) in [6.45, 7) is 4.60. The highest BCUT2D eigenvalue weighted by Crippen LogP contribution is 2.35. The number of hydrogen-bond donors (Lipinski definition) is 0. The highest BCUT2D eigenvalue weighted by molar-refractivity contribution is 5.81. The summed E-state index contributed by atoms with van der Waals surface area (Å²) in [6.07, 6.45) is 8.51. The number of ketones is 1. The Morgan fingerprint density at radius 2 is 1.78 bits per heavy atom. The minimum Gasteiger partial charge on any atom is -0.469 e. The molecule has 1 aromatic carbocycles. The van der Waals surface area contributed by atoms with Crippen molar-refractivity contribution in [3.63, 3.8) is 0 Å². The van der Waals surface area contributed by atoms with Gasteiger partial charge in [-0.3, -0.25) is 9.59 Å². The molecule has 2 unspecified atom stereocenters. The molecule has 1 fully saturated rings. The Hall–Kier alpha value is -1.64. The van der Waals surface area contributed by atoms with Crippen molar-refractivity contribution in [2.24, 2.45) is 23.7 Å². The highest BCUT2D eigenvalue weighted by atomic mass is 16.5. The van der Waals surface area contributed by atoms with E-state index in [0.29, 0.717) is 18.6 Å². The molecule has 1 aliphatic carbocycles. The lowest BCUT2D eigenvalue weighted by atomic mass is 9.74. The Morgan fingerprint density at radius 3 is 2.37 bits per heavy atom. The van der Waals surface area contributed by atoms with E-state index in [2.05, 4.69) is 13.8 Å². The second-order valence-corrected chi connectivity index (χ2v) is 8.27. The molecule has 1 aromatic rings. The van der Waals surface area contributed by atoms with Crippen LogP contribution in [0.25, 0.3) is 0 Å². The Morgan fingerprint density at radius 1 is 1.11 bits per heavy atom. The van der Waals surface area contributed by atoms with E-state index in [9.17, 15) is 9.59 Å². The molecule has 1 aliphatic rings. The molecule has 150 valence electrons. The second-order valence-electron chi connectivity index (χ2n) is 8.27. The van der Waals surface area contributed by atoms with Crippen LogP contribution in [-0.2, 0) is 20.7 Å². The maximum absolute atomic E-state index is 12.6. The van der Waals surface area contributed by atoms with Gasteiger partial charge in [0.05, 0.1) is 13.0 Å². The Balaban J connectivity index is 1.77. The molecule has 1 saturated carbocycles. The van der Waals surface area contributed by atoms with Crippen LogP contribution in [-0.4, -0.2) is 18.9 Å². The number of ether oxygens (including phenoxy) is 1. The van der Waals surface area contributed by atoms with Gasteiger partial charge in [-0.25, -0.2) is 0 Å². The molecule has 0 spiro atoms. The van der Waals surface area contributed by atoms with Crippen molar-refractivity contribution < 1.29 is 14.3 Å². The summed E-state index contributed by atoms with van der Waals surface area (Å²) in [5.74, 6) is 1.90. The SMILES string of the molecule is CCC(C)C1CCC(C(=O)CCCC(Cc2ccccc2)C(=O)OC)CC1. The summed E-state index contributed by atoms with van der Waals surface area (Å²) >= 11 is 0. The van der Waals surface area contributed by atoms with Gasteiger partial charge in [-0.1, -0.05) is 50.6 Å². The molecule has 0 saturated heterocycles. The predicted molar refractivity (Wildman–Crippen MR) is 109 cm³/mol. The lowest BCUT2D eigenvalue weighted by Gasteiger charge is -2.31. The molecule has 0 aromatic heterocycles. The molecule has 3 heteroatoms. The van der Waals surface area contributed by atoms with E-state index in [-0.39, 0.29) is 17.8 Å². The van der Waals surface area contributed by atoms with E-state index in [1.165, 1.54) is 26.4 Å². The average molecular weight is 373 g/mol. The van der Waals surface area contributed by atoms with Crippen molar-refractivity contribution in [1.29, 1.82) is 0 Å². The van der Waals surface area contributed by atoms with Crippen LogP contribution in [0.4, 0.5) is 0 Å². The molecule has 0 heterocycles. The molecule has 0 amide bonds. The van der Waals surface area contributed by atoms with Crippen LogP contribution in [0.5, 0.6) is 0 Å². The molecular formula is C24H36O3. The number of Topliss-reactive ketones (excluding diaryl/α,β-unsaturated/α-hetero) is 1. The fraction of sp³-hybridized carbons (Fsp3) is 0.667. The zero-order valence-corrected chi connectivity index (χ0v) is 17.3. The van der Waals surface area contributed by atoms with Crippen LogP contribution in [0.3, 0.4) is 0 Å². The number of hydrogen-bond acceptors (Lipinski definition) is 3. The van der Waals surface area contributed by atoms with Gasteiger partial charge in [-0.05, 0) is 62.3 Å². The molecule has 0 aliphatic heterocycles. The van der Waals surface area contributed by atoms with Gasteiger partial charge in [0, 0.05) is 12.3 Å². The summed E-state index contributed by atoms with van der Waals surface area (Å²) < 4.78 is 4.98. The number of rotatable bonds is 10. The fourth-order valence-electron chi connectivity index (χ4n) is 4.44. The van der Waals surface area contributed by atoms with Crippen molar-refractivity contribution in [2.75, 3.05) is 7.11 Å². The minimum absolute atomic E-state index is 0.161. The molecular weight excluding hydrogens is 336 g/mol. The van der Waals surface area contributed by atoms with E-state index in [4.69, 9.17) is 4.74 Å². The fourth-order valence-corrected chi connectivity index (χ4v) is 4.44. The molecule has 0 bridgehead atoms. The van der Waals surface area contributed by atoms with Gasteiger partial charge in [-0.2, -0.15) is 0 Å². The highest BCUT2D eigenvalue weighted by Gasteiger charge is 2.28. The van der Waals surface area contributed by atoms with E-state index in [0.717, 1.165) is 43.1 Å². The van der Waals surface area contributed by atoms with Gasteiger partial charge in [-0.15, -0.1) is 0 Å². The quantitative estimate of drug-likeness (QED) is 0.501. The zero-order valence-electron chi connectivity index (χ0n) is 17.3. The number of methoxy groups -OCH3 is 1. The van der Waals surface area contributed by atoms with Gasteiger partial charge >= 0.3 is 5.97 Å². The Kier molecular flexibility index (Phi) is 9.03. The van der Waals surface area contributed by atoms with Crippen LogP contribution >= 0.6 is 0 Å². The van der Waals surface area contributed by atoms with Crippen molar-refractivity contribution in [2.45, 2.75) is 71.6 Å². The first kappa shape index (κ1) is 21.7. The van der Waals surface area contributed by atoms with Crippen LogP contribution in [0, 0.1) is 23.7 Å². The third kappa shape index (κ3) is 6.79. The average Bonchev–Trinajstić information content (AvgIpc) is 2.72. The van der Waals surface area contributed by atoms with Crippen molar-refractivity contribution in [3.8, 4) is 0 Å². The van der Waals surface area contributed by atoms with E-state index < -0.39 is 0 Å². The van der Waals surface area contributed by atoms with Gasteiger partial charge in [0.2, 0.25) is 0 Å². The summed E-state index contributed by atoms with van der Waals surface area (Å²) in [5, 5.41) is 0. The number of carbonyl (C=O) groups is 2. The standard InChI is InChI=1S/C24H36O3/c1-4-18(2)20-13-15-21(16-14-20)23(25)12-8-11-22(24(26)27-3)17-19-9-6-5-7-10-19/h5-7,9-10,18,20-22H,4,8,11-17H2,1-3H3. The van der Waals surface area contributed by atoms with Crippen molar-refractivity contribution in [1.82, 2.24) is 0 Å². The Labute approximate surface area is 164 Å². The lowest BCUT2D eigenvalue weighted by molar-refractivity contribution is -0.145. The monoisotopic (exact) mass is 372 g/mol. The van der Waals surface area contributed by atoms with Gasteiger partial charge in [0.1, 0.15) is 5.78 Å². The van der Waals surface area contributed by atoms with Crippen molar-refractivity contribution in [3.05, 3.63) is 35.9 Å². The summed E-state index contributed by atoms with van der Waals surface area (Å²) in [4.78, 5) is 24.7. The van der Waals surface area contributed by atoms with Crippen molar-refractivity contribution >= 4 is 11.8 Å². The molecule has 0 N–H and O–H groups in total. The lowest BCUT2D eigenvalue weighted by Crippen LogP contribution is -2.25. The van der Waals surface area contributed by atoms with Crippen LogP contribution in [0.1, 0.15) is 70.8 Å². The van der Waals surface area contributed by atoms with E-state index in [1.807, 2.05) is 30.3 Å². The summed E-state index contributed by atoms with van der Waals surface area (Å²) in [7, 11) is 1.45. The van der Waals surface area contributed by atoms with Gasteiger partial charge in [0.25, 0.3) is 0 Å². The van der Waals surface area contributed by atoms with E-state index in [1.54, 1.807) is 0 Å². The maximum Gasteiger partial charge on any atom is 0.308 e. The zero-order chi connectivity index (χ0) is 19.6. The Bertz CT molecular complexity index is 573. The molecule has 3 nitrogen and oxygen atoms in total. The molecule has 2 atom stereocenters. The topological polar surface area (TPSA) is 43.4 Å². The van der Waals surface area contributed by atoms with Gasteiger partial charge < -0.3 is 4.74 Å². The predicted octanol–water partition coefficient (Wildman–Crippen LogP) is 5.61. The van der Waals surface area contributed by atoms with Crippen LogP contribution in [0.15, 0.2) is 30.3 Å². The van der Waals surface area contributed by atoms with Crippen LogP contribution in [0.2, 0.25) is 0 Å². The smallest absolute Gasteiger partial charge is 0.308 e. The molecule has 0 radical (unpaired) electrons. The molecule has 2 rings (SSSR count). The maximum atomic E-state index is 12.6.